The quantitative estimate of drug-likeness (QED) is 0.286. The molecule has 2 aromatic carbocycles. The van der Waals surface area contributed by atoms with Crippen LogP contribution in [0.2, 0.25) is 5.02 Å². The number of fused-ring (bicyclic) bond motifs is 1. The molecule has 5 aromatic rings. The van der Waals surface area contributed by atoms with Crippen molar-refractivity contribution in [3.8, 4) is 11.4 Å². The number of hydrogen-bond acceptors (Lipinski definition) is 6. The van der Waals surface area contributed by atoms with Gasteiger partial charge in [-0.1, -0.05) is 29.4 Å². The summed E-state index contributed by atoms with van der Waals surface area (Å²) < 4.78 is 7.49. The SMILES string of the molecule is CC(Sc1nnc(-c2ccc(Cl)cc2)n1Cc1ccco1)C(=O)Nc1cccc2ncccc12. The van der Waals surface area contributed by atoms with Crippen molar-refractivity contribution in [1.82, 2.24) is 19.7 Å². The number of aromatic nitrogens is 4. The van der Waals surface area contributed by atoms with Crippen molar-refractivity contribution in [3.63, 3.8) is 0 Å². The van der Waals surface area contributed by atoms with Crippen LogP contribution in [0.1, 0.15) is 12.7 Å². The summed E-state index contributed by atoms with van der Waals surface area (Å²) in [7, 11) is 0. The molecule has 1 atom stereocenters. The van der Waals surface area contributed by atoms with E-state index in [-0.39, 0.29) is 5.91 Å². The van der Waals surface area contributed by atoms with Crippen LogP contribution in [0.4, 0.5) is 5.69 Å². The third-order valence-corrected chi connectivity index (χ3v) is 6.60. The van der Waals surface area contributed by atoms with E-state index in [2.05, 4.69) is 20.5 Å². The first-order chi connectivity index (χ1) is 16.6. The van der Waals surface area contributed by atoms with Gasteiger partial charge in [-0.2, -0.15) is 0 Å². The number of rotatable bonds is 7. The number of carbonyl (C=O) groups is 1. The van der Waals surface area contributed by atoms with E-state index in [1.807, 2.05) is 78.2 Å². The van der Waals surface area contributed by atoms with E-state index in [4.69, 9.17) is 16.0 Å². The first kappa shape index (κ1) is 22.2. The van der Waals surface area contributed by atoms with Gasteiger partial charge in [0.15, 0.2) is 11.0 Å². The number of amides is 1. The summed E-state index contributed by atoms with van der Waals surface area (Å²) in [6, 6.07) is 20.6. The molecular weight excluding hydrogens is 470 g/mol. The maximum absolute atomic E-state index is 13.1. The monoisotopic (exact) mass is 489 g/mol. The van der Waals surface area contributed by atoms with E-state index < -0.39 is 5.25 Å². The molecule has 0 saturated carbocycles. The van der Waals surface area contributed by atoms with Crippen LogP contribution in [0.3, 0.4) is 0 Å². The van der Waals surface area contributed by atoms with Crippen molar-refractivity contribution < 1.29 is 9.21 Å². The van der Waals surface area contributed by atoms with E-state index in [0.717, 1.165) is 27.9 Å². The molecule has 170 valence electrons. The third-order valence-electron chi connectivity index (χ3n) is 5.27. The fourth-order valence-corrected chi connectivity index (χ4v) is 4.52. The second kappa shape index (κ2) is 9.70. The Morgan fingerprint density at radius 3 is 2.74 bits per heavy atom. The highest BCUT2D eigenvalue weighted by Crippen LogP contribution is 2.30. The highest BCUT2D eigenvalue weighted by atomic mass is 35.5. The van der Waals surface area contributed by atoms with E-state index in [1.54, 1.807) is 12.5 Å². The topological polar surface area (TPSA) is 85.8 Å². The molecule has 0 bridgehead atoms. The lowest BCUT2D eigenvalue weighted by Gasteiger charge is -2.14. The number of halogens is 1. The van der Waals surface area contributed by atoms with Crippen molar-refractivity contribution in [1.29, 1.82) is 0 Å². The molecule has 34 heavy (non-hydrogen) atoms. The molecule has 5 rings (SSSR count). The Morgan fingerprint density at radius 2 is 1.94 bits per heavy atom. The Kier molecular flexibility index (Phi) is 6.33. The summed E-state index contributed by atoms with van der Waals surface area (Å²) in [5.41, 5.74) is 2.42. The van der Waals surface area contributed by atoms with Gasteiger partial charge in [-0.25, -0.2) is 0 Å². The number of nitrogens with one attached hydrogen (secondary N) is 1. The van der Waals surface area contributed by atoms with Gasteiger partial charge in [0.1, 0.15) is 5.76 Å². The van der Waals surface area contributed by atoms with Gasteiger partial charge in [0.25, 0.3) is 0 Å². The van der Waals surface area contributed by atoms with Crippen LogP contribution in [0.25, 0.3) is 22.3 Å². The number of anilines is 1. The summed E-state index contributed by atoms with van der Waals surface area (Å²) in [6.45, 7) is 2.28. The van der Waals surface area contributed by atoms with E-state index in [9.17, 15) is 4.79 Å². The molecular formula is C25H20ClN5O2S. The summed E-state index contributed by atoms with van der Waals surface area (Å²) in [5.74, 6) is 1.29. The average molecular weight is 490 g/mol. The molecule has 1 N–H and O–H groups in total. The zero-order valence-electron chi connectivity index (χ0n) is 18.2. The first-order valence-electron chi connectivity index (χ1n) is 10.6. The summed E-state index contributed by atoms with van der Waals surface area (Å²) in [4.78, 5) is 17.4. The molecule has 7 nitrogen and oxygen atoms in total. The second-order valence-corrected chi connectivity index (χ2v) is 9.35. The van der Waals surface area contributed by atoms with Crippen molar-refractivity contribution >= 4 is 45.9 Å². The Balaban J connectivity index is 1.40. The lowest BCUT2D eigenvalue weighted by Crippen LogP contribution is -2.23. The van der Waals surface area contributed by atoms with Crippen LogP contribution in [0.5, 0.6) is 0 Å². The van der Waals surface area contributed by atoms with Gasteiger partial charge in [0, 0.05) is 22.2 Å². The first-order valence-corrected chi connectivity index (χ1v) is 11.9. The number of furan rings is 1. The summed E-state index contributed by atoms with van der Waals surface area (Å²) in [5, 5.41) is 13.5. The number of pyridine rings is 1. The fourth-order valence-electron chi connectivity index (χ4n) is 3.55. The maximum Gasteiger partial charge on any atom is 0.237 e. The lowest BCUT2D eigenvalue weighted by atomic mass is 10.2. The predicted octanol–water partition coefficient (Wildman–Crippen LogP) is 5.91. The van der Waals surface area contributed by atoms with Crippen LogP contribution in [0.15, 0.2) is 88.8 Å². The highest BCUT2D eigenvalue weighted by molar-refractivity contribution is 8.00. The smallest absolute Gasteiger partial charge is 0.237 e. The predicted molar refractivity (Wildman–Crippen MR) is 134 cm³/mol. The highest BCUT2D eigenvalue weighted by Gasteiger charge is 2.22. The fraction of sp³-hybridized carbons (Fsp3) is 0.120. The minimum Gasteiger partial charge on any atom is -0.467 e. The van der Waals surface area contributed by atoms with Crippen molar-refractivity contribution in [2.75, 3.05) is 5.32 Å². The van der Waals surface area contributed by atoms with Gasteiger partial charge in [-0.3, -0.25) is 14.3 Å². The Morgan fingerprint density at radius 1 is 1.09 bits per heavy atom. The Bertz CT molecular complexity index is 1430. The molecule has 0 fully saturated rings. The lowest BCUT2D eigenvalue weighted by molar-refractivity contribution is -0.115. The largest absolute Gasteiger partial charge is 0.467 e. The van der Waals surface area contributed by atoms with Gasteiger partial charge < -0.3 is 9.73 Å². The van der Waals surface area contributed by atoms with Gasteiger partial charge in [-0.05, 0) is 67.6 Å². The molecule has 0 aliphatic rings. The number of benzene rings is 2. The maximum atomic E-state index is 13.1. The molecule has 1 amide bonds. The molecule has 0 aliphatic heterocycles. The normalized spacial score (nSPS) is 12.1. The number of hydrogen-bond donors (Lipinski definition) is 1. The molecule has 3 heterocycles. The molecule has 1 unspecified atom stereocenters. The third kappa shape index (κ3) is 4.69. The molecule has 0 spiro atoms. The molecule has 0 radical (unpaired) electrons. The zero-order valence-corrected chi connectivity index (χ0v) is 19.8. The standard InChI is InChI=1S/C25H20ClN5O2S/c1-16(24(32)28-22-8-2-7-21-20(22)6-3-13-27-21)34-25-30-29-23(17-9-11-18(26)12-10-17)31(25)15-19-5-4-14-33-19/h2-14,16H,15H2,1H3,(H,28,32). The Labute approximate surface area is 205 Å². The minimum absolute atomic E-state index is 0.137. The van der Waals surface area contributed by atoms with Crippen LogP contribution in [-0.4, -0.2) is 30.9 Å². The van der Waals surface area contributed by atoms with Crippen LogP contribution in [0, 0.1) is 0 Å². The molecule has 9 heteroatoms. The number of nitrogens with zero attached hydrogens (tertiary/aromatic N) is 4. The van der Waals surface area contributed by atoms with Gasteiger partial charge in [-0.15, -0.1) is 10.2 Å². The molecule has 0 saturated heterocycles. The van der Waals surface area contributed by atoms with Crippen LogP contribution >= 0.6 is 23.4 Å². The second-order valence-electron chi connectivity index (χ2n) is 7.60. The summed E-state index contributed by atoms with van der Waals surface area (Å²) in [6.07, 6.45) is 3.36. The zero-order chi connectivity index (χ0) is 23.5. The van der Waals surface area contributed by atoms with Crippen molar-refractivity contribution in [3.05, 3.63) is 90.0 Å². The average Bonchev–Trinajstić information content (AvgIpc) is 3.51. The van der Waals surface area contributed by atoms with Gasteiger partial charge in [0.05, 0.1) is 29.3 Å². The number of carbonyl (C=O) groups excluding carboxylic acids is 1. The van der Waals surface area contributed by atoms with Gasteiger partial charge in [0.2, 0.25) is 5.91 Å². The van der Waals surface area contributed by atoms with E-state index >= 15 is 0 Å². The summed E-state index contributed by atoms with van der Waals surface area (Å²) >= 11 is 7.39. The van der Waals surface area contributed by atoms with Crippen LogP contribution < -0.4 is 5.32 Å². The van der Waals surface area contributed by atoms with E-state index in [1.165, 1.54) is 11.8 Å². The van der Waals surface area contributed by atoms with Crippen molar-refractivity contribution in [2.24, 2.45) is 0 Å². The number of thioether (sulfide) groups is 1. The molecule has 3 aromatic heterocycles. The van der Waals surface area contributed by atoms with Crippen molar-refractivity contribution in [2.45, 2.75) is 23.9 Å². The molecule has 0 aliphatic carbocycles. The van der Waals surface area contributed by atoms with Crippen LogP contribution in [-0.2, 0) is 11.3 Å². The van der Waals surface area contributed by atoms with Gasteiger partial charge >= 0.3 is 0 Å². The minimum atomic E-state index is -0.426. The Hall–Kier alpha value is -3.62. The van der Waals surface area contributed by atoms with E-state index in [0.29, 0.717) is 22.5 Å².